The maximum absolute atomic E-state index is 12.3. The molecule has 3 heterocycles. The summed E-state index contributed by atoms with van der Waals surface area (Å²) in [7, 11) is 0. The molecule has 3 rings (SSSR count). The highest BCUT2D eigenvalue weighted by molar-refractivity contribution is 5.76. The van der Waals surface area contributed by atoms with Gasteiger partial charge in [0.2, 0.25) is 5.91 Å². The third-order valence-electron chi connectivity index (χ3n) is 3.66. The van der Waals surface area contributed by atoms with Crippen molar-refractivity contribution in [1.29, 1.82) is 0 Å². The van der Waals surface area contributed by atoms with Crippen molar-refractivity contribution in [3.8, 4) is 0 Å². The lowest BCUT2D eigenvalue weighted by Gasteiger charge is -2.32. The Morgan fingerprint density at radius 2 is 2.36 bits per heavy atom. The lowest BCUT2D eigenvalue weighted by Crippen LogP contribution is -2.42. The molecule has 1 atom stereocenters. The molecule has 22 heavy (non-hydrogen) atoms. The van der Waals surface area contributed by atoms with Crippen LogP contribution in [0.3, 0.4) is 0 Å². The van der Waals surface area contributed by atoms with Gasteiger partial charge in [0.05, 0.1) is 19.5 Å². The Hall–Kier alpha value is -2.28. The van der Waals surface area contributed by atoms with E-state index >= 15 is 0 Å². The van der Waals surface area contributed by atoms with Crippen molar-refractivity contribution >= 4 is 5.91 Å². The minimum absolute atomic E-state index is 0.120. The van der Waals surface area contributed by atoms with Crippen molar-refractivity contribution in [3.63, 3.8) is 0 Å². The fraction of sp³-hybridized carbons (Fsp3) is 0.467. The van der Waals surface area contributed by atoms with Crippen molar-refractivity contribution in [2.24, 2.45) is 0 Å². The van der Waals surface area contributed by atoms with E-state index in [-0.39, 0.29) is 12.0 Å². The van der Waals surface area contributed by atoms with Crippen LogP contribution in [-0.2, 0) is 16.1 Å². The Labute approximate surface area is 129 Å². The Balaban J connectivity index is 1.59. The van der Waals surface area contributed by atoms with E-state index in [1.807, 2.05) is 28.7 Å². The minimum atomic E-state index is -0.245. The molecule has 0 aliphatic carbocycles. The van der Waals surface area contributed by atoms with Crippen molar-refractivity contribution in [2.45, 2.75) is 26.0 Å². The number of nitrogens with zero attached hydrogens (tertiary/aromatic N) is 5. The van der Waals surface area contributed by atoms with Crippen LogP contribution in [0, 0.1) is 6.92 Å². The van der Waals surface area contributed by atoms with Gasteiger partial charge in [0.25, 0.3) is 0 Å². The van der Waals surface area contributed by atoms with Gasteiger partial charge in [0, 0.05) is 43.8 Å². The summed E-state index contributed by atoms with van der Waals surface area (Å²) in [5.41, 5.74) is 0.900. The lowest BCUT2D eigenvalue weighted by atomic mass is 10.2. The maximum Gasteiger partial charge on any atom is 0.224 e. The number of carbonyl (C=O) groups is 1. The zero-order valence-corrected chi connectivity index (χ0v) is 12.6. The predicted octanol–water partition coefficient (Wildman–Crippen LogP) is 0.972. The van der Waals surface area contributed by atoms with Gasteiger partial charge in [-0.05, 0) is 13.0 Å². The molecule has 0 N–H and O–H groups in total. The van der Waals surface area contributed by atoms with Crippen LogP contribution < -0.4 is 0 Å². The smallest absolute Gasteiger partial charge is 0.224 e. The second-order valence-electron chi connectivity index (χ2n) is 5.31. The third kappa shape index (κ3) is 3.48. The average molecular weight is 301 g/mol. The van der Waals surface area contributed by atoms with E-state index in [1.165, 1.54) is 0 Å². The number of rotatable bonds is 4. The Morgan fingerprint density at radius 3 is 3.14 bits per heavy atom. The average Bonchev–Trinajstić information content (AvgIpc) is 3.06. The highest BCUT2D eigenvalue weighted by Gasteiger charge is 2.26. The molecule has 2 aromatic rings. The molecule has 7 nitrogen and oxygen atoms in total. The first kappa shape index (κ1) is 14.6. The van der Waals surface area contributed by atoms with Gasteiger partial charge in [-0.1, -0.05) is 0 Å². The summed E-state index contributed by atoms with van der Waals surface area (Å²) in [4.78, 5) is 26.8. The molecule has 0 bridgehead atoms. The Bertz CT molecular complexity index is 629. The molecule has 0 saturated carbocycles. The Morgan fingerprint density at radius 1 is 1.45 bits per heavy atom. The number of imidazole rings is 1. The summed E-state index contributed by atoms with van der Waals surface area (Å²) in [6.45, 7) is 4.19. The van der Waals surface area contributed by atoms with Gasteiger partial charge in [-0.15, -0.1) is 0 Å². The quantitative estimate of drug-likeness (QED) is 0.841. The number of morpholine rings is 1. The summed E-state index contributed by atoms with van der Waals surface area (Å²) in [5.74, 6) is 0.766. The van der Waals surface area contributed by atoms with E-state index in [4.69, 9.17) is 4.74 Å². The molecule has 0 spiro atoms. The fourth-order valence-electron chi connectivity index (χ4n) is 2.46. The SMILES string of the molecule is Cc1ccnc([C@H]2CN(C(=O)CCn3ccnc3)CCO2)n1. The monoisotopic (exact) mass is 301 g/mol. The van der Waals surface area contributed by atoms with Gasteiger partial charge in [0.15, 0.2) is 5.82 Å². The molecule has 2 aromatic heterocycles. The molecule has 1 fully saturated rings. The van der Waals surface area contributed by atoms with E-state index < -0.39 is 0 Å². The van der Waals surface area contributed by atoms with Crippen LogP contribution in [0.15, 0.2) is 31.0 Å². The molecule has 0 unspecified atom stereocenters. The second-order valence-corrected chi connectivity index (χ2v) is 5.31. The number of ether oxygens (including phenoxy) is 1. The van der Waals surface area contributed by atoms with E-state index in [1.54, 1.807) is 18.7 Å². The predicted molar refractivity (Wildman–Crippen MR) is 78.9 cm³/mol. The van der Waals surface area contributed by atoms with Gasteiger partial charge in [-0.25, -0.2) is 15.0 Å². The summed E-state index contributed by atoms with van der Waals surface area (Å²) < 4.78 is 7.62. The molecule has 7 heteroatoms. The largest absolute Gasteiger partial charge is 0.367 e. The lowest BCUT2D eigenvalue weighted by molar-refractivity contribution is -0.139. The molecule has 116 valence electrons. The summed E-state index contributed by atoms with van der Waals surface area (Å²) in [6, 6.07) is 1.85. The molecule has 1 aliphatic rings. The van der Waals surface area contributed by atoms with Crippen LogP contribution in [-0.4, -0.2) is 50.0 Å². The molecular weight excluding hydrogens is 282 g/mol. The first-order valence-electron chi connectivity index (χ1n) is 7.37. The van der Waals surface area contributed by atoms with E-state index in [0.717, 1.165) is 5.69 Å². The topological polar surface area (TPSA) is 73.1 Å². The van der Waals surface area contributed by atoms with E-state index in [0.29, 0.717) is 38.5 Å². The van der Waals surface area contributed by atoms with Crippen molar-refractivity contribution < 1.29 is 9.53 Å². The van der Waals surface area contributed by atoms with Gasteiger partial charge < -0.3 is 14.2 Å². The second kappa shape index (κ2) is 6.65. The number of hydrogen-bond acceptors (Lipinski definition) is 5. The van der Waals surface area contributed by atoms with Crippen molar-refractivity contribution in [1.82, 2.24) is 24.4 Å². The zero-order valence-electron chi connectivity index (χ0n) is 12.6. The van der Waals surface area contributed by atoms with Crippen LogP contribution in [0.25, 0.3) is 0 Å². The minimum Gasteiger partial charge on any atom is -0.367 e. The standard InChI is InChI=1S/C15H19N5O2/c1-12-2-4-17-15(18-12)13-10-20(8-9-22-13)14(21)3-6-19-7-5-16-11-19/h2,4-5,7,11,13H,3,6,8-10H2,1H3/t13-/m1/s1. The van der Waals surface area contributed by atoms with Crippen LogP contribution >= 0.6 is 0 Å². The van der Waals surface area contributed by atoms with Crippen LogP contribution in [0.4, 0.5) is 0 Å². The molecular formula is C15H19N5O2. The fourth-order valence-corrected chi connectivity index (χ4v) is 2.46. The van der Waals surface area contributed by atoms with Crippen LogP contribution in [0.2, 0.25) is 0 Å². The van der Waals surface area contributed by atoms with Crippen LogP contribution in [0.1, 0.15) is 24.0 Å². The first-order chi connectivity index (χ1) is 10.7. The van der Waals surface area contributed by atoms with Gasteiger partial charge >= 0.3 is 0 Å². The van der Waals surface area contributed by atoms with E-state index in [2.05, 4.69) is 15.0 Å². The highest BCUT2D eigenvalue weighted by Crippen LogP contribution is 2.19. The number of hydrogen-bond donors (Lipinski definition) is 0. The van der Waals surface area contributed by atoms with Gasteiger partial charge in [-0.3, -0.25) is 4.79 Å². The number of aryl methyl sites for hydroxylation is 2. The number of aromatic nitrogens is 4. The summed E-state index contributed by atoms with van der Waals surface area (Å²) in [6.07, 6.45) is 7.22. The van der Waals surface area contributed by atoms with E-state index in [9.17, 15) is 4.79 Å². The van der Waals surface area contributed by atoms with Gasteiger partial charge in [0.1, 0.15) is 6.10 Å². The highest BCUT2D eigenvalue weighted by atomic mass is 16.5. The molecule has 1 aliphatic heterocycles. The third-order valence-corrected chi connectivity index (χ3v) is 3.66. The molecule has 0 aromatic carbocycles. The first-order valence-corrected chi connectivity index (χ1v) is 7.37. The maximum atomic E-state index is 12.3. The van der Waals surface area contributed by atoms with Gasteiger partial charge in [-0.2, -0.15) is 0 Å². The Kier molecular flexibility index (Phi) is 4.43. The van der Waals surface area contributed by atoms with Crippen molar-refractivity contribution in [2.75, 3.05) is 19.7 Å². The molecule has 0 radical (unpaired) electrons. The number of carbonyl (C=O) groups excluding carboxylic acids is 1. The summed E-state index contributed by atoms with van der Waals surface area (Å²) in [5, 5.41) is 0. The van der Waals surface area contributed by atoms with Crippen LogP contribution in [0.5, 0.6) is 0 Å². The van der Waals surface area contributed by atoms with Crippen molar-refractivity contribution in [3.05, 3.63) is 42.5 Å². The number of amides is 1. The zero-order chi connectivity index (χ0) is 15.4. The summed E-state index contributed by atoms with van der Waals surface area (Å²) >= 11 is 0. The molecule has 1 amide bonds. The normalized spacial score (nSPS) is 18.4. The molecule has 1 saturated heterocycles.